The zero-order chi connectivity index (χ0) is 12.5. The molecule has 1 aromatic rings. The van der Waals surface area contributed by atoms with E-state index in [-0.39, 0.29) is 4.47 Å². The maximum atomic E-state index is 13.0. The van der Waals surface area contributed by atoms with Gasteiger partial charge in [-0.15, -0.1) is 13.2 Å². The molecular weight excluding hydrogens is 306 g/mol. The molecule has 8 heteroatoms. The van der Waals surface area contributed by atoms with Crippen molar-refractivity contribution in [2.45, 2.75) is 12.7 Å². The Morgan fingerprint density at radius 1 is 1.12 bits per heavy atom. The highest BCUT2D eigenvalue weighted by atomic mass is 79.9. The summed E-state index contributed by atoms with van der Waals surface area (Å²) < 4.78 is 76.5. The quantitative estimate of drug-likeness (QED) is 0.743. The number of ether oxygens (including phenoxy) is 1. The zero-order valence-electron chi connectivity index (χ0n) is 7.29. The van der Waals surface area contributed by atoms with Gasteiger partial charge in [-0.2, -0.15) is 0 Å². The summed E-state index contributed by atoms with van der Waals surface area (Å²) >= 11 is 2.69. The molecule has 1 aromatic carbocycles. The first kappa shape index (κ1) is 13.3. The molecule has 0 saturated carbocycles. The van der Waals surface area contributed by atoms with Crippen molar-refractivity contribution in [3.63, 3.8) is 0 Å². The second-order valence-corrected chi connectivity index (χ2v) is 3.58. The molecule has 0 aromatic heterocycles. The second-order valence-electron chi connectivity index (χ2n) is 2.66. The van der Waals surface area contributed by atoms with Crippen molar-refractivity contribution in [3.8, 4) is 0 Å². The van der Waals surface area contributed by atoms with Crippen LogP contribution in [0.25, 0.3) is 0 Å². The van der Waals surface area contributed by atoms with Gasteiger partial charge in [0.25, 0.3) is 0 Å². The minimum atomic E-state index is -5.31. The summed E-state index contributed by atoms with van der Waals surface area (Å²) in [5, 5.41) is 0. The Kier molecular flexibility index (Phi) is 3.84. The fraction of sp³-hybridized carbons (Fsp3) is 0.250. The maximum Gasteiger partial charge on any atom is 0.525 e. The van der Waals surface area contributed by atoms with E-state index >= 15 is 0 Å². The molecule has 0 saturated heterocycles. The largest absolute Gasteiger partial charge is 0.525 e. The van der Waals surface area contributed by atoms with E-state index in [4.69, 9.17) is 0 Å². The Hall–Kier alpha value is -0.760. The number of alkyl halides is 4. The molecule has 0 spiro atoms. The average molecular weight is 309 g/mol. The topological polar surface area (TPSA) is 9.23 Å². The van der Waals surface area contributed by atoms with Gasteiger partial charge in [-0.25, -0.2) is 13.2 Å². The van der Waals surface area contributed by atoms with Gasteiger partial charge in [-0.05, 0) is 12.1 Å². The molecule has 1 unspecified atom stereocenters. The molecule has 90 valence electrons. The minimum absolute atomic E-state index is 0.0644. The molecule has 0 N–H and O–H groups in total. The molecule has 0 aliphatic carbocycles. The van der Waals surface area contributed by atoms with Crippen molar-refractivity contribution in [2.24, 2.45) is 0 Å². The molecule has 1 atom stereocenters. The molecule has 0 aliphatic heterocycles. The lowest BCUT2D eigenvalue weighted by molar-refractivity contribution is -0.363. The smallest absolute Gasteiger partial charge is 0.252 e. The van der Waals surface area contributed by atoms with Crippen molar-refractivity contribution >= 4 is 15.9 Å². The van der Waals surface area contributed by atoms with E-state index in [1.54, 1.807) is 0 Å². The molecule has 0 amide bonds. The Balaban J connectivity index is 3.04. The van der Waals surface area contributed by atoms with Gasteiger partial charge in [0.2, 0.25) is 6.36 Å². The van der Waals surface area contributed by atoms with Crippen molar-refractivity contribution in [1.29, 1.82) is 0 Å². The molecule has 0 aliphatic rings. The van der Waals surface area contributed by atoms with Crippen LogP contribution in [-0.2, 0) is 4.74 Å². The van der Waals surface area contributed by atoms with Gasteiger partial charge < -0.3 is 0 Å². The fourth-order valence-electron chi connectivity index (χ4n) is 0.946. The van der Waals surface area contributed by atoms with E-state index in [2.05, 4.69) is 20.7 Å². The van der Waals surface area contributed by atoms with Crippen LogP contribution in [-0.4, -0.2) is 6.36 Å². The lowest BCUT2D eigenvalue weighted by Crippen LogP contribution is -2.17. The molecule has 1 nitrogen and oxygen atoms in total. The highest BCUT2D eigenvalue weighted by Crippen LogP contribution is 2.32. The standard InChI is InChI=1S/C8H3BrF6O/c9-3-1-4(10)6(5(11)2-3)7(12)16-8(13,14)15/h1-2,7H. The van der Waals surface area contributed by atoms with Gasteiger partial charge in [-0.3, -0.25) is 4.74 Å². The van der Waals surface area contributed by atoms with Crippen LogP contribution in [0.15, 0.2) is 16.6 Å². The summed E-state index contributed by atoms with van der Waals surface area (Å²) in [5.74, 6) is -2.94. The van der Waals surface area contributed by atoms with Crippen LogP contribution in [0, 0.1) is 11.6 Å². The van der Waals surface area contributed by atoms with Crippen molar-refractivity contribution in [1.82, 2.24) is 0 Å². The van der Waals surface area contributed by atoms with Crippen molar-refractivity contribution < 1.29 is 31.1 Å². The zero-order valence-corrected chi connectivity index (χ0v) is 8.87. The van der Waals surface area contributed by atoms with Crippen LogP contribution in [0.1, 0.15) is 11.9 Å². The van der Waals surface area contributed by atoms with Gasteiger partial charge >= 0.3 is 6.36 Å². The summed E-state index contributed by atoms with van der Waals surface area (Å²) in [6.07, 6.45) is -8.56. The third kappa shape index (κ3) is 3.38. The maximum absolute atomic E-state index is 13.0. The van der Waals surface area contributed by atoms with Gasteiger partial charge in [-0.1, -0.05) is 15.9 Å². The summed E-state index contributed by atoms with van der Waals surface area (Å²) in [5.41, 5.74) is -1.42. The summed E-state index contributed by atoms with van der Waals surface area (Å²) in [7, 11) is 0. The minimum Gasteiger partial charge on any atom is -0.252 e. The van der Waals surface area contributed by atoms with Crippen LogP contribution in [0.4, 0.5) is 26.3 Å². The van der Waals surface area contributed by atoms with Crippen LogP contribution >= 0.6 is 15.9 Å². The third-order valence-electron chi connectivity index (χ3n) is 1.51. The van der Waals surface area contributed by atoms with Gasteiger partial charge in [0.05, 0.1) is 5.56 Å². The summed E-state index contributed by atoms with van der Waals surface area (Å²) in [6, 6.07) is 1.26. The Labute approximate surface area is 94.1 Å². The second kappa shape index (κ2) is 4.62. The predicted octanol–water partition coefficient (Wildman–Crippen LogP) is 4.23. The average Bonchev–Trinajstić information content (AvgIpc) is 1.96. The van der Waals surface area contributed by atoms with Crippen LogP contribution in [0.5, 0.6) is 0 Å². The van der Waals surface area contributed by atoms with Crippen LogP contribution in [0.2, 0.25) is 0 Å². The number of halogens is 7. The van der Waals surface area contributed by atoms with E-state index < -0.39 is 29.9 Å². The molecule has 0 bridgehead atoms. The molecule has 0 fully saturated rings. The first-order valence-corrected chi connectivity index (χ1v) is 4.53. The van der Waals surface area contributed by atoms with Crippen molar-refractivity contribution in [3.05, 3.63) is 33.8 Å². The molecule has 0 heterocycles. The van der Waals surface area contributed by atoms with Gasteiger partial charge in [0, 0.05) is 4.47 Å². The van der Waals surface area contributed by atoms with Crippen LogP contribution < -0.4 is 0 Å². The third-order valence-corrected chi connectivity index (χ3v) is 1.97. The summed E-state index contributed by atoms with van der Waals surface area (Å²) in [4.78, 5) is 0. The normalized spacial score (nSPS) is 13.9. The Morgan fingerprint density at radius 2 is 1.56 bits per heavy atom. The number of hydrogen-bond acceptors (Lipinski definition) is 1. The van der Waals surface area contributed by atoms with E-state index in [0.29, 0.717) is 12.1 Å². The van der Waals surface area contributed by atoms with Crippen LogP contribution in [0.3, 0.4) is 0 Å². The van der Waals surface area contributed by atoms with E-state index in [1.165, 1.54) is 0 Å². The molecule has 16 heavy (non-hydrogen) atoms. The van der Waals surface area contributed by atoms with E-state index in [1.807, 2.05) is 0 Å². The molecule has 0 radical (unpaired) electrons. The van der Waals surface area contributed by atoms with Crippen molar-refractivity contribution in [2.75, 3.05) is 0 Å². The monoisotopic (exact) mass is 308 g/mol. The Bertz CT molecular complexity index is 368. The van der Waals surface area contributed by atoms with E-state index in [9.17, 15) is 26.3 Å². The summed E-state index contributed by atoms with van der Waals surface area (Å²) in [6.45, 7) is 0. The highest BCUT2D eigenvalue weighted by Gasteiger charge is 2.36. The number of benzene rings is 1. The fourth-order valence-corrected chi connectivity index (χ4v) is 1.35. The highest BCUT2D eigenvalue weighted by molar-refractivity contribution is 9.10. The number of rotatable bonds is 2. The Morgan fingerprint density at radius 3 is 1.94 bits per heavy atom. The lowest BCUT2D eigenvalue weighted by Gasteiger charge is -2.13. The molecule has 1 rings (SSSR count). The predicted molar refractivity (Wildman–Crippen MR) is 45.0 cm³/mol. The SMILES string of the molecule is Fc1cc(Br)cc(F)c1C(F)OC(F)(F)F. The van der Waals surface area contributed by atoms with Gasteiger partial charge in [0.15, 0.2) is 0 Å². The first-order valence-electron chi connectivity index (χ1n) is 3.74. The number of hydrogen-bond donors (Lipinski definition) is 0. The lowest BCUT2D eigenvalue weighted by atomic mass is 10.2. The molecular formula is C8H3BrF6O. The first-order chi connectivity index (χ1) is 7.20. The van der Waals surface area contributed by atoms with E-state index in [0.717, 1.165) is 0 Å². The van der Waals surface area contributed by atoms with Gasteiger partial charge in [0.1, 0.15) is 11.6 Å².